The highest BCUT2D eigenvalue weighted by Gasteiger charge is 1.98. The van der Waals surface area contributed by atoms with Crippen LogP contribution in [0.4, 0.5) is 0 Å². The molecule has 1 aromatic rings. The van der Waals surface area contributed by atoms with E-state index < -0.39 is 0 Å². The Bertz CT molecular complexity index is 296. The van der Waals surface area contributed by atoms with Crippen LogP contribution in [0.2, 0.25) is 0 Å². The average Bonchev–Trinajstić information content (AvgIpc) is 2.47. The van der Waals surface area contributed by atoms with Gasteiger partial charge in [-0.3, -0.25) is 4.68 Å². The Hall–Kier alpha value is -1.38. The zero-order valence-electron chi connectivity index (χ0n) is 7.41. The largest absolute Gasteiger partial charge is 0.308 e. The van der Waals surface area contributed by atoms with Gasteiger partial charge in [-0.05, 0) is 12.0 Å². The number of hydrogen-bond acceptors (Lipinski definition) is 2. The second-order valence-corrected chi connectivity index (χ2v) is 2.61. The van der Waals surface area contributed by atoms with Crippen molar-refractivity contribution in [1.29, 1.82) is 5.41 Å². The van der Waals surface area contributed by atoms with Gasteiger partial charge in [-0.2, -0.15) is 5.10 Å². The number of nitrogens with zero attached hydrogens (tertiary/aromatic N) is 2. The van der Waals surface area contributed by atoms with E-state index in [1.807, 2.05) is 19.3 Å². The van der Waals surface area contributed by atoms with E-state index in [4.69, 9.17) is 5.41 Å². The Morgan fingerprint density at radius 2 is 2.50 bits per heavy atom. The number of hydrogen-bond donors (Lipinski definition) is 1. The molecule has 0 saturated heterocycles. The molecule has 0 aliphatic heterocycles. The quantitative estimate of drug-likeness (QED) is 0.679. The van der Waals surface area contributed by atoms with Gasteiger partial charge in [0.1, 0.15) is 0 Å². The summed E-state index contributed by atoms with van der Waals surface area (Å²) >= 11 is 0. The van der Waals surface area contributed by atoms with Gasteiger partial charge >= 0.3 is 0 Å². The Balaban J connectivity index is 2.94. The predicted octanol–water partition coefficient (Wildman–Crippen LogP) is 1.86. The third-order valence-corrected chi connectivity index (χ3v) is 1.62. The highest BCUT2D eigenvalue weighted by Crippen LogP contribution is 2.10. The topological polar surface area (TPSA) is 41.7 Å². The summed E-state index contributed by atoms with van der Waals surface area (Å²) in [6, 6.07) is 0. The smallest absolute Gasteiger partial charge is 0.0568 e. The van der Waals surface area contributed by atoms with Crippen LogP contribution in [0.5, 0.6) is 0 Å². The van der Waals surface area contributed by atoms with Gasteiger partial charge < -0.3 is 5.41 Å². The van der Waals surface area contributed by atoms with Gasteiger partial charge in [0, 0.05) is 25.0 Å². The molecule has 0 bridgehead atoms. The van der Waals surface area contributed by atoms with E-state index in [1.54, 1.807) is 10.9 Å². The molecule has 3 nitrogen and oxygen atoms in total. The van der Waals surface area contributed by atoms with Crippen molar-refractivity contribution < 1.29 is 0 Å². The van der Waals surface area contributed by atoms with E-state index in [-0.39, 0.29) is 0 Å². The number of nitrogens with one attached hydrogen (secondary N) is 1. The second-order valence-electron chi connectivity index (χ2n) is 2.61. The van der Waals surface area contributed by atoms with E-state index in [1.165, 1.54) is 6.21 Å². The van der Waals surface area contributed by atoms with Crippen molar-refractivity contribution in [3.63, 3.8) is 0 Å². The molecule has 12 heavy (non-hydrogen) atoms. The van der Waals surface area contributed by atoms with Crippen molar-refractivity contribution in [3.8, 4) is 0 Å². The van der Waals surface area contributed by atoms with Crippen molar-refractivity contribution in [2.75, 3.05) is 0 Å². The molecule has 3 heteroatoms. The molecule has 1 heterocycles. The third-order valence-electron chi connectivity index (χ3n) is 1.62. The van der Waals surface area contributed by atoms with Gasteiger partial charge in [0.05, 0.1) is 6.20 Å². The molecule has 0 atom stereocenters. The molecule has 0 saturated carbocycles. The Labute approximate surface area is 72.2 Å². The molecule has 1 rings (SSSR count). The highest BCUT2D eigenvalue weighted by molar-refractivity contribution is 6.07. The van der Waals surface area contributed by atoms with Crippen molar-refractivity contribution in [3.05, 3.63) is 24.0 Å². The molecule has 0 amide bonds. The minimum absolute atomic E-state index is 0.936. The Kier molecular flexibility index (Phi) is 2.80. The van der Waals surface area contributed by atoms with Gasteiger partial charge in [0.25, 0.3) is 0 Å². The Morgan fingerprint density at radius 3 is 2.92 bits per heavy atom. The van der Waals surface area contributed by atoms with Gasteiger partial charge in [-0.15, -0.1) is 0 Å². The molecule has 0 unspecified atom stereocenters. The minimum atomic E-state index is 0.936. The van der Waals surface area contributed by atoms with E-state index in [0.29, 0.717) is 0 Å². The standard InChI is InChI=1S/C9H13N3/c1-3-4-8(5-10)9-6-11-12(2)7-9/h4-7,10H,3H2,1-2H3/b8-4+,10-5?. The minimum Gasteiger partial charge on any atom is -0.308 e. The monoisotopic (exact) mass is 163 g/mol. The molecule has 0 aliphatic carbocycles. The molecule has 0 fully saturated rings. The van der Waals surface area contributed by atoms with Crippen LogP contribution in [0.3, 0.4) is 0 Å². The van der Waals surface area contributed by atoms with Crippen LogP contribution in [0.25, 0.3) is 5.57 Å². The highest BCUT2D eigenvalue weighted by atomic mass is 15.2. The van der Waals surface area contributed by atoms with Crippen LogP contribution in [-0.4, -0.2) is 16.0 Å². The fourth-order valence-corrected chi connectivity index (χ4v) is 1.05. The lowest BCUT2D eigenvalue weighted by molar-refractivity contribution is 0.767. The van der Waals surface area contributed by atoms with Gasteiger partial charge in [-0.1, -0.05) is 13.0 Å². The van der Waals surface area contributed by atoms with Crippen LogP contribution < -0.4 is 0 Å². The lowest BCUT2D eigenvalue weighted by Crippen LogP contribution is -1.85. The SMILES string of the molecule is CC/C=C(\C=N)c1cnn(C)c1. The molecular weight excluding hydrogens is 150 g/mol. The maximum absolute atomic E-state index is 7.18. The molecular formula is C9H13N3. The maximum Gasteiger partial charge on any atom is 0.0568 e. The zero-order chi connectivity index (χ0) is 8.97. The van der Waals surface area contributed by atoms with E-state index >= 15 is 0 Å². The van der Waals surface area contributed by atoms with Crippen molar-refractivity contribution in [2.24, 2.45) is 7.05 Å². The number of rotatable bonds is 3. The predicted molar refractivity (Wildman–Crippen MR) is 50.3 cm³/mol. The first-order chi connectivity index (χ1) is 5.77. The molecule has 1 N–H and O–H groups in total. The number of aryl methyl sites for hydroxylation is 1. The summed E-state index contributed by atoms with van der Waals surface area (Å²) in [7, 11) is 1.87. The summed E-state index contributed by atoms with van der Waals surface area (Å²) in [6.07, 6.45) is 8.00. The molecule has 64 valence electrons. The lowest BCUT2D eigenvalue weighted by atomic mass is 10.1. The molecule has 0 radical (unpaired) electrons. The van der Waals surface area contributed by atoms with Crippen LogP contribution >= 0.6 is 0 Å². The first-order valence-corrected chi connectivity index (χ1v) is 3.97. The maximum atomic E-state index is 7.18. The molecule has 0 spiro atoms. The fraction of sp³-hybridized carbons (Fsp3) is 0.333. The van der Waals surface area contributed by atoms with Crippen LogP contribution in [-0.2, 0) is 7.05 Å². The lowest BCUT2D eigenvalue weighted by Gasteiger charge is -1.93. The third kappa shape index (κ3) is 1.81. The number of allylic oxidation sites excluding steroid dienone is 2. The summed E-state index contributed by atoms with van der Waals surface area (Å²) in [5.41, 5.74) is 1.94. The average molecular weight is 163 g/mol. The normalized spacial score (nSPS) is 11.7. The zero-order valence-corrected chi connectivity index (χ0v) is 7.41. The summed E-state index contributed by atoms with van der Waals surface area (Å²) < 4.78 is 1.74. The van der Waals surface area contributed by atoms with E-state index in [9.17, 15) is 0 Å². The number of aromatic nitrogens is 2. The van der Waals surface area contributed by atoms with Crippen LogP contribution in [0.15, 0.2) is 18.5 Å². The van der Waals surface area contributed by atoms with Gasteiger partial charge in [0.15, 0.2) is 0 Å². The van der Waals surface area contributed by atoms with Crippen molar-refractivity contribution in [2.45, 2.75) is 13.3 Å². The summed E-state index contributed by atoms with van der Waals surface area (Å²) in [5.74, 6) is 0. The van der Waals surface area contributed by atoms with Crippen LogP contribution in [0, 0.1) is 5.41 Å². The molecule has 1 aromatic heterocycles. The first kappa shape index (κ1) is 8.71. The van der Waals surface area contributed by atoms with Crippen LogP contribution in [0.1, 0.15) is 18.9 Å². The van der Waals surface area contributed by atoms with Gasteiger partial charge in [0.2, 0.25) is 0 Å². The summed E-state index contributed by atoms with van der Waals surface area (Å²) in [6.45, 7) is 2.06. The van der Waals surface area contributed by atoms with E-state index in [0.717, 1.165) is 17.6 Å². The molecule has 0 aromatic carbocycles. The van der Waals surface area contributed by atoms with Crippen molar-refractivity contribution in [1.82, 2.24) is 9.78 Å². The Morgan fingerprint density at radius 1 is 1.75 bits per heavy atom. The summed E-state index contributed by atoms with van der Waals surface area (Å²) in [4.78, 5) is 0. The van der Waals surface area contributed by atoms with Crippen molar-refractivity contribution >= 4 is 11.8 Å². The summed E-state index contributed by atoms with van der Waals surface area (Å²) in [5, 5.41) is 11.2. The van der Waals surface area contributed by atoms with Gasteiger partial charge in [-0.25, -0.2) is 0 Å². The second kappa shape index (κ2) is 3.85. The molecule has 0 aliphatic rings. The first-order valence-electron chi connectivity index (χ1n) is 3.97. The van der Waals surface area contributed by atoms with E-state index in [2.05, 4.69) is 12.0 Å². The fourth-order valence-electron chi connectivity index (χ4n) is 1.05.